The van der Waals surface area contributed by atoms with Crippen molar-refractivity contribution in [2.75, 3.05) is 17.7 Å². The number of rotatable bonds is 4. The minimum atomic E-state index is -4.48. The first-order valence-corrected chi connectivity index (χ1v) is 6.82. The highest BCUT2D eigenvalue weighted by molar-refractivity contribution is 6.06. The molecule has 0 unspecified atom stereocenters. The molecule has 0 saturated carbocycles. The zero-order chi connectivity index (χ0) is 17.0. The van der Waals surface area contributed by atoms with Crippen LogP contribution in [0.15, 0.2) is 42.5 Å². The molecule has 0 atom stereocenters. The molecule has 3 N–H and O–H groups in total. The van der Waals surface area contributed by atoms with Gasteiger partial charge in [-0.1, -0.05) is 6.07 Å². The number of halogens is 3. The number of carbonyl (C=O) groups is 1. The van der Waals surface area contributed by atoms with Gasteiger partial charge in [0.15, 0.2) is 0 Å². The van der Waals surface area contributed by atoms with Gasteiger partial charge in [-0.25, -0.2) is 0 Å². The average molecular weight is 324 g/mol. The Bertz CT molecular complexity index is 715. The van der Waals surface area contributed by atoms with Gasteiger partial charge < -0.3 is 15.8 Å². The molecule has 0 aromatic heterocycles. The summed E-state index contributed by atoms with van der Waals surface area (Å²) in [5, 5.41) is 2.42. The van der Waals surface area contributed by atoms with E-state index in [1.54, 1.807) is 19.1 Å². The van der Waals surface area contributed by atoms with E-state index in [1.165, 1.54) is 18.2 Å². The summed E-state index contributed by atoms with van der Waals surface area (Å²) < 4.78 is 43.4. The maximum atomic E-state index is 12.7. The number of benzene rings is 2. The van der Waals surface area contributed by atoms with Crippen molar-refractivity contribution in [3.8, 4) is 5.75 Å². The minimum absolute atomic E-state index is 0.0368. The molecule has 0 fully saturated rings. The first kappa shape index (κ1) is 16.7. The number of hydrogen-bond acceptors (Lipinski definition) is 3. The second-order valence-electron chi connectivity index (χ2n) is 4.72. The lowest BCUT2D eigenvalue weighted by molar-refractivity contribution is -0.137. The van der Waals surface area contributed by atoms with Crippen LogP contribution in [0.4, 0.5) is 24.5 Å². The van der Waals surface area contributed by atoms with Crippen LogP contribution in [0, 0.1) is 0 Å². The molecule has 0 aliphatic carbocycles. The summed E-state index contributed by atoms with van der Waals surface area (Å²) in [5.41, 5.74) is 5.35. The molecule has 1 amide bonds. The molecule has 23 heavy (non-hydrogen) atoms. The fraction of sp³-hybridized carbons (Fsp3) is 0.188. The zero-order valence-electron chi connectivity index (χ0n) is 12.3. The van der Waals surface area contributed by atoms with E-state index < -0.39 is 17.6 Å². The molecule has 0 aliphatic rings. The van der Waals surface area contributed by atoms with Gasteiger partial charge in [-0.2, -0.15) is 13.2 Å². The van der Waals surface area contributed by atoms with Gasteiger partial charge in [0.1, 0.15) is 5.75 Å². The Morgan fingerprint density at radius 2 is 1.96 bits per heavy atom. The average Bonchev–Trinajstić information content (AvgIpc) is 2.48. The quantitative estimate of drug-likeness (QED) is 0.837. The summed E-state index contributed by atoms with van der Waals surface area (Å²) in [5.74, 6) is -0.286. The molecular weight excluding hydrogens is 309 g/mol. The van der Waals surface area contributed by atoms with Gasteiger partial charge in [0.2, 0.25) is 0 Å². The first-order valence-electron chi connectivity index (χ1n) is 6.82. The van der Waals surface area contributed by atoms with Crippen molar-refractivity contribution < 1.29 is 22.7 Å². The van der Waals surface area contributed by atoms with Crippen LogP contribution in [0.1, 0.15) is 22.8 Å². The molecule has 0 radical (unpaired) electrons. The predicted octanol–water partition coefficient (Wildman–Crippen LogP) is 3.94. The maximum Gasteiger partial charge on any atom is 0.416 e. The molecule has 0 heterocycles. The highest BCUT2D eigenvalue weighted by Gasteiger charge is 2.30. The van der Waals surface area contributed by atoms with E-state index in [1.807, 2.05) is 0 Å². The molecule has 0 saturated heterocycles. The molecule has 2 aromatic carbocycles. The van der Waals surface area contributed by atoms with Crippen LogP contribution in [-0.4, -0.2) is 12.5 Å². The van der Waals surface area contributed by atoms with E-state index in [0.717, 1.165) is 12.1 Å². The SMILES string of the molecule is CCOc1ccc(N)cc1C(=O)Nc1cccc(C(F)(F)F)c1. The minimum Gasteiger partial charge on any atom is -0.493 e. The van der Waals surface area contributed by atoms with Crippen LogP contribution in [-0.2, 0) is 6.18 Å². The Kier molecular flexibility index (Phi) is 4.78. The summed E-state index contributed by atoms with van der Waals surface area (Å²) in [6.07, 6.45) is -4.48. The number of anilines is 2. The van der Waals surface area contributed by atoms with E-state index in [2.05, 4.69) is 5.32 Å². The second-order valence-corrected chi connectivity index (χ2v) is 4.72. The third kappa shape index (κ3) is 4.15. The lowest BCUT2D eigenvalue weighted by atomic mass is 10.1. The number of amides is 1. The third-order valence-electron chi connectivity index (χ3n) is 3.00. The van der Waals surface area contributed by atoms with Crippen LogP contribution in [0.2, 0.25) is 0 Å². The predicted molar refractivity (Wildman–Crippen MR) is 81.4 cm³/mol. The first-order chi connectivity index (χ1) is 10.8. The number of nitrogen functional groups attached to an aromatic ring is 1. The number of alkyl halides is 3. The fourth-order valence-corrected chi connectivity index (χ4v) is 1.98. The van der Waals surface area contributed by atoms with Crippen molar-refractivity contribution in [1.29, 1.82) is 0 Å². The number of nitrogens with one attached hydrogen (secondary N) is 1. The number of hydrogen-bond donors (Lipinski definition) is 2. The topological polar surface area (TPSA) is 64.3 Å². The normalized spacial score (nSPS) is 11.1. The molecule has 2 aromatic rings. The summed E-state index contributed by atoms with van der Waals surface area (Å²) >= 11 is 0. The molecule has 0 aliphatic heterocycles. The van der Waals surface area contributed by atoms with E-state index >= 15 is 0 Å². The van der Waals surface area contributed by atoms with Gasteiger partial charge in [0, 0.05) is 11.4 Å². The van der Waals surface area contributed by atoms with Crippen molar-refractivity contribution in [1.82, 2.24) is 0 Å². The Morgan fingerprint density at radius 3 is 2.61 bits per heavy atom. The van der Waals surface area contributed by atoms with E-state index in [9.17, 15) is 18.0 Å². The Labute approximate surface area is 131 Å². The summed E-state index contributed by atoms with van der Waals surface area (Å²) in [6.45, 7) is 2.10. The highest BCUT2D eigenvalue weighted by atomic mass is 19.4. The summed E-state index contributed by atoms with van der Waals surface area (Å²) in [7, 11) is 0. The third-order valence-corrected chi connectivity index (χ3v) is 3.00. The molecule has 2 rings (SSSR count). The molecule has 122 valence electrons. The van der Waals surface area contributed by atoms with Crippen molar-refractivity contribution in [2.24, 2.45) is 0 Å². The van der Waals surface area contributed by atoms with Gasteiger partial charge in [-0.15, -0.1) is 0 Å². The molecular formula is C16H15F3N2O2. The second kappa shape index (κ2) is 6.60. The number of nitrogens with two attached hydrogens (primary N) is 1. The standard InChI is InChI=1S/C16H15F3N2O2/c1-2-23-14-7-6-11(20)9-13(14)15(22)21-12-5-3-4-10(8-12)16(17,18)19/h3-9H,2,20H2,1H3,(H,21,22). The van der Waals surface area contributed by atoms with Gasteiger partial charge >= 0.3 is 6.18 Å². The van der Waals surface area contributed by atoms with Crippen molar-refractivity contribution in [3.63, 3.8) is 0 Å². The van der Waals surface area contributed by atoms with Crippen molar-refractivity contribution in [3.05, 3.63) is 53.6 Å². The summed E-state index contributed by atoms with van der Waals surface area (Å²) in [6, 6.07) is 8.92. The van der Waals surface area contributed by atoms with Crippen LogP contribution < -0.4 is 15.8 Å². The molecule has 4 nitrogen and oxygen atoms in total. The van der Waals surface area contributed by atoms with Gasteiger partial charge in [0.25, 0.3) is 5.91 Å². The largest absolute Gasteiger partial charge is 0.493 e. The maximum absolute atomic E-state index is 12.7. The fourth-order valence-electron chi connectivity index (χ4n) is 1.98. The van der Waals surface area contributed by atoms with E-state index in [4.69, 9.17) is 10.5 Å². The van der Waals surface area contributed by atoms with Crippen LogP contribution in [0.3, 0.4) is 0 Å². The van der Waals surface area contributed by atoms with E-state index in [-0.39, 0.29) is 11.3 Å². The van der Waals surface area contributed by atoms with Crippen LogP contribution >= 0.6 is 0 Å². The Morgan fingerprint density at radius 1 is 1.22 bits per heavy atom. The van der Waals surface area contributed by atoms with Crippen LogP contribution in [0.25, 0.3) is 0 Å². The smallest absolute Gasteiger partial charge is 0.416 e. The Hall–Kier alpha value is -2.70. The van der Waals surface area contributed by atoms with Gasteiger partial charge in [-0.05, 0) is 43.3 Å². The lowest BCUT2D eigenvalue weighted by Crippen LogP contribution is -2.15. The molecule has 7 heteroatoms. The molecule has 0 bridgehead atoms. The molecule has 0 spiro atoms. The highest BCUT2D eigenvalue weighted by Crippen LogP contribution is 2.31. The number of ether oxygens (including phenoxy) is 1. The number of carbonyl (C=O) groups excluding carboxylic acids is 1. The zero-order valence-corrected chi connectivity index (χ0v) is 12.3. The Balaban J connectivity index is 2.28. The van der Waals surface area contributed by atoms with Crippen molar-refractivity contribution in [2.45, 2.75) is 13.1 Å². The lowest BCUT2D eigenvalue weighted by Gasteiger charge is -2.13. The van der Waals surface area contributed by atoms with E-state index in [0.29, 0.717) is 18.0 Å². The van der Waals surface area contributed by atoms with Gasteiger partial charge in [0.05, 0.1) is 17.7 Å². The van der Waals surface area contributed by atoms with Crippen molar-refractivity contribution >= 4 is 17.3 Å². The summed E-state index contributed by atoms with van der Waals surface area (Å²) in [4.78, 5) is 12.3. The monoisotopic (exact) mass is 324 g/mol. The van der Waals surface area contributed by atoms with Crippen LogP contribution in [0.5, 0.6) is 5.75 Å². The van der Waals surface area contributed by atoms with Gasteiger partial charge in [-0.3, -0.25) is 4.79 Å².